The molecule has 0 fully saturated rings. The van der Waals surface area contributed by atoms with Crippen molar-refractivity contribution in [2.75, 3.05) is 30.4 Å². The Bertz CT molecular complexity index is 974. The van der Waals surface area contributed by atoms with Gasteiger partial charge in [-0.2, -0.15) is 0 Å². The smallest absolute Gasteiger partial charge is 0.243 e. The molecule has 3 aromatic rings. The molecule has 0 radical (unpaired) electrons. The molecule has 0 bridgehead atoms. The summed E-state index contributed by atoms with van der Waals surface area (Å²) in [6.07, 6.45) is 6.92. The Labute approximate surface area is 203 Å². The molecule has 1 amide bonds. The number of rotatable bonds is 15. The third-order valence-electron chi connectivity index (χ3n) is 5.44. The molecule has 0 saturated heterocycles. The van der Waals surface area contributed by atoms with Crippen LogP contribution in [0.5, 0.6) is 11.5 Å². The van der Waals surface area contributed by atoms with Crippen LogP contribution in [0.25, 0.3) is 0 Å². The van der Waals surface area contributed by atoms with E-state index in [1.54, 1.807) is 0 Å². The lowest BCUT2D eigenvalue weighted by atomic mass is 10.2. The van der Waals surface area contributed by atoms with Crippen LogP contribution in [0.1, 0.15) is 44.6 Å². The third-order valence-corrected chi connectivity index (χ3v) is 5.44. The highest BCUT2D eigenvalue weighted by molar-refractivity contribution is 5.93. The molecule has 0 aromatic heterocycles. The number of unbranched alkanes of at least 4 members (excludes halogenated alkanes) is 4. The molecular weight excluding hydrogens is 424 g/mol. The molecule has 0 aliphatic carbocycles. The molecule has 2 N–H and O–H groups in total. The molecule has 180 valence electrons. The zero-order valence-corrected chi connectivity index (χ0v) is 20.1. The topological polar surface area (TPSA) is 59.6 Å². The van der Waals surface area contributed by atoms with Gasteiger partial charge in [-0.3, -0.25) is 4.79 Å². The van der Waals surface area contributed by atoms with E-state index in [4.69, 9.17) is 9.47 Å². The number of benzene rings is 3. The summed E-state index contributed by atoms with van der Waals surface area (Å²) < 4.78 is 11.6. The Hall–Kier alpha value is -3.47. The summed E-state index contributed by atoms with van der Waals surface area (Å²) in [7, 11) is 0. The lowest BCUT2D eigenvalue weighted by Gasteiger charge is -2.11. The van der Waals surface area contributed by atoms with Crippen LogP contribution in [0.2, 0.25) is 0 Å². The number of ether oxygens (including phenoxy) is 2. The zero-order chi connectivity index (χ0) is 23.8. The fourth-order valence-corrected chi connectivity index (χ4v) is 3.54. The molecule has 0 unspecified atom stereocenters. The molecule has 0 atom stereocenters. The highest BCUT2D eigenvalue weighted by Gasteiger charge is 2.04. The van der Waals surface area contributed by atoms with Crippen LogP contribution in [0, 0.1) is 0 Å². The predicted octanol–water partition coefficient (Wildman–Crippen LogP) is 6.71. The van der Waals surface area contributed by atoms with Gasteiger partial charge in [-0.25, -0.2) is 0 Å². The number of carbonyl (C=O) groups excluding carboxylic acids is 1. The fraction of sp³-hybridized carbons (Fsp3) is 0.345. The Kier molecular flexibility index (Phi) is 10.8. The van der Waals surface area contributed by atoms with Crippen LogP contribution in [0.4, 0.5) is 11.4 Å². The van der Waals surface area contributed by atoms with Crippen molar-refractivity contribution in [3.8, 4) is 11.5 Å². The molecule has 0 saturated carbocycles. The minimum atomic E-state index is -0.111. The fourth-order valence-electron chi connectivity index (χ4n) is 3.54. The van der Waals surface area contributed by atoms with Gasteiger partial charge in [0.2, 0.25) is 5.91 Å². The molecule has 3 rings (SSSR count). The number of anilines is 2. The summed E-state index contributed by atoms with van der Waals surface area (Å²) in [6, 6.07) is 25.4. The van der Waals surface area contributed by atoms with Crippen LogP contribution in [-0.2, 0) is 11.2 Å². The van der Waals surface area contributed by atoms with Gasteiger partial charge in [-0.05, 0) is 48.4 Å². The molecule has 0 heterocycles. The van der Waals surface area contributed by atoms with E-state index in [-0.39, 0.29) is 12.5 Å². The van der Waals surface area contributed by atoms with Gasteiger partial charge < -0.3 is 20.1 Å². The second kappa shape index (κ2) is 14.6. The summed E-state index contributed by atoms with van der Waals surface area (Å²) in [6.45, 7) is 3.73. The van der Waals surface area contributed by atoms with E-state index < -0.39 is 0 Å². The molecule has 3 aromatic carbocycles. The quantitative estimate of drug-likeness (QED) is 0.248. The van der Waals surface area contributed by atoms with Crippen LogP contribution in [-0.4, -0.2) is 25.7 Å². The molecule has 34 heavy (non-hydrogen) atoms. The van der Waals surface area contributed by atoms with E-state index in [0.29, 0.717) is 6.61 Å². The van der Waals surface area contributed by atoms with E-state index >= 15 is 0 Å². The number of carbonyl (C=O) groups is 1. The second-order valence-electron chi connectivity index (χ2n) is 8.30. The van der Waals surface area contributed by atoms with Crippen molar-refractivity contribution in [2.45, 2.75) is 45.4 Å². The van der Waals surface area contributed by atoms with Crippen LogP contribution in [0.3, 0.4) is 0 Å². The first-order valence-corrected chi connectivity index (χ1v) is 12.3. The van der Waals surface area contributed by atoms with Gasteiger partial charge in [0, 0.05) is 23.9 Å². The Morgan fingerprint density at radius 1 is 0.735 bits per heavy atom. The van der Waals surface area contributed by atoms with Crippen molar-refractivity contribution in [1.82, 2.24) is 0 Å². The maximum atomic E-state index is 12.3. The number of hydrogen-bond acceptors (Lipinski definition) is 4. The van der Waals surface area contributed by atoms with Gasteiger partial charge >= 0.3 is 0 Å². The molecular formula is C29H36N2O3. The van der Waals surface area contributed by atoms with E-state index in [0.717, 1.165) is 42.3 Å². The summed E-state index contributed by atoms with van der Waals surface area (Å²) in [5, 5.41) is 6.07. The normalized spacial score (nSPS) is 10.5. The zero-order valence-electron chi connectivity index (χ0n) is 20.1. The van der Waals surface area contributed by atoms with Crippen molar-refractivity contribution in [2.24, 2.45) is 0 Å². The maximum Gasteiger partial charge on any atom is 0.243 e. The second-order valence-corrected chi connectivity index (χ2v) is 8.30. The largest absolute Gasteiger partial charge is 0.494 e. The standard InChI is InChI=1S/C29H36N2O3/c1-2-3-4-5-9-20-33-28-14-10-13-26(22-28)30-23-29(32)31-25-15-17-27(18-16-25)34-21-19-24-11-7-6-8-12-24/h6-8,10-18,22,30H,2-5,9,19-21,23H2,1H3,(H,31,32). The Morgan fingerprint density at radius 2 is 1.50 bits per heavy atom. The monoisotopic (exact) mass is 460 g/mol. The van der Waals surface area contributed by atoms with E-state index in [2.05, 4.69) is 29.7 Å². The average Bonchev–Trinajstić information content (AvgIpc) is 2.87. The highest BCUT2D eigenvalue weighted by atomic mass is 16.5. The molecule has 0 aliphatic rings. The molecule has 5 heteroatoms. The number of nitrogens with one attached hydrogen (secondary N) is 2. The van der Waals surface area contributed by atoms with E-state index in [1.807, 2.05) is 66.7 Å². The summed E-state index contributed by atoms with van der Waals surface area (Å²) >= 11 is 0. The maximum absolute atomic E-state index is 12.3. The Balaban J connectivity index is 1.35. The summed E-state index contributed by atoms with van der Waals surface area (Å²) in [5.74, 6) is 1.50. The van der Waals surface area contributed by atoms with Crippen LogP contribution < -0.4 is 20.1 Å². The average molecular weight is 461 g/mol. The highest BCUT2D eigenvalue weighted by Crippen LogP contribution is 2.19. The van der Waals surface area contributed by atoms with Gasteiger partial charge in [0.05, 0.1) is 19.8 Å². The lowest BCUT2D eigenvalue weighted by molar-refractivity contribution is -0.114. The van der Waals surface area contributed by atoms with Gasteiger partial charge in [-0.15, -0.1) is 0 Å². The van der Waals surface area contributed by atoms with Gasteiger partial charge in [0.1, 0.15) is 11.5 Å². The van der Waals surface area contributed by atoms with E-state index in [9.17, 15) is 4.79 Å². The van der Waals surface area contributed by atoms with Crippen molar-refractivity contribution in [3.05, 3.63) is 84.4 Å². The first-order valence-electron chi connectivity index (χ1n) is 12.3. The van der Waals surface area contributed by atoms with E-state index in [1.165, 1.54) is 31.2 Å². The SMILES string of the molecule is CCCCCCCOc1cccc(NCC(=O)Nc2ccc(OCCc3ccccc3)cc2)c1. The minimum Gasteiger partial charge on any atom is -0.494 e. The van der Waals surface area contributed by atoms with Crippen molar-refractivity contribution < 1.29 is 14.3 Å². The van der Waals surface area contributed by atoms with Gasteiger partial charge in [0.15, 0.2) is 0 Å². The van der Waals surface area contributed by atoms with Crippen molar-refractivity contribution >= 4 is 17.3 Å². The third kappa shape index (κ3) is 9.57. The van der Waals surface area contributed by atoms with Crippen molar-refractivity contribution in [3.63, 3.8) is 0 Å². The summed E-state index contributed by atoms with van der Waals surface area (Å²) in [4.78, 5) is 12.3. The number of amides is 1. The lowest BCUT2D eigenvalue weighted by Crippen LogP contribution is -2.21. The molecule has 0 spiro atoms. The first kappa shape index (κ1) is 25.2. The Morgan fingerprint density at radius 3 is 2.29 bits per heavy atom. The minimum absolute atomic E-state index is 0.111. The van der Waals surface area contributed by atoms with Crippen LogP contribution in [0.15, 0.2) is 78.9 Å². The van der Waals surface area contributed by atoms with Crippen LogP contribution >= 0.6 is 0 Å². The first-order chi connectivity index (χ1) is 16.7. The number of hydrogen-bond donors (Lipinski definition) is 2. The van der Waals surface area contributed by atoms with Gasteiger partial charge in [0.25, 0.3) is 0 Å². The van der Waals surface area contributed by atoms with Gasteiger partial charge in [-0.1, -0.05) is 69.0 Å². The summed E-state index contributed by atoms with van der Waals surface area (Å²) in [5.41, 5.74) is 2.85. The molecule has 0 aliphatic heterocycles. The predicted molar refractivity (Wildman–Crippen MR) is 140 cm³/mol. The molecule has 5 nitrogen and oxygen atoms in total. The van der Waals surface area contributed by atoms with Crippen molar-refractivity contribution in [1.29, 1.82) is 0 Å².